The van der Waals surface area contributed by atoms with E-state index in [1.165, 1.54) is 0 Å². The van der Waals surface area contributed by atoms with Gasteiger partial charge in [-0.2, -0.15) is 11.3 Å². The number of imidazole rings is 1. The average Bonchev–Trinajstić information content (AvgIpc) is 2.86. The zero-order chi connectivity index (χ0) is 10.3. The van der Waals surface area contributed by atoms with E-state index in [4.69, 9.17) is 11.6 Å². The van der Waals surface area contributed by atoms with Gasteiger partial charge in [-0.3, -0.25) is 0 Å². The molecule has 0 aliphatic heterocycles. The molecule has 2 nitrogen and oxygen atoms in total. The molecule has 0 spiro atoms. The fraction of sp³-hybridized carbons (Fsp3) is 0. The second kappa shape index (κ2) is 3.36. The topological polar surface area (TPSA) is 28.7 Å². The number of halogens is 1. The zero-order valence-corrected chi connectivity index (χ0v) is 9.27. The number of para-hydroxylation sites is 1. The molecule has 0 atom stereocenters. The number of aromatic nitrogens is 2. The summed E-state index contributed by atoms with van der Waals surface area (Å²) in [7, 11) is 0. The van der Waals surface area contributed by atoms with Crippen LogP contribution in [0.3, 0.4) is 0 Å². The molecular weight excluding hydrogens is 228 g/mol. The van der Waals surface area contributed by atoms with Crippen LogP contribution >= 0.6 is 22.9 Å². The summed E-state index contributed by atoms with van der Waals surface area (Å²) in [4.78, 5) is 7.72. The summed E-state index contributed by atoms with van der Waals surface area (Å²) in [5.74, 6) is 0.874. The Kier molecular flexibility index (Phi) is 2.01. The zero-order valence-electron chi connectivity index (χ0n) is 7.70. The maximum atomic E-state index is 6.05. The minimum absolute atomic E-state index is 0.685. The highest BCUT2D eigenvalue weighted by atomic mass is 35.5. The summed E-state index contributed by atoms with van der Waals surface area (Å²) in [5, 5.41) is 4.78. The van der Waals surface area contributed by atoms with Crippen molar-refractivity contribution < 1.29 is 0 Å². The predicted octanol–water partition coefficient (Wildman–Crippen LogP) is 3.94. The fourth-order valence-electron chi connectivity index (χ4n) is 1.53. The van der Waals surface area contributed by atoms with Gasteiger partial charge in [0.1, 0.15) is 11.3 Å². The number of thiophene rings is 1. The molecule has 0 aliphatic rings. The van der Waals surface area contributed by atoms with Crippen LogP contribution in [0, 0.1) is 0 Å². The molecule has 2 aromatic heterocycles. The molecule has 0 bridgehead atoms. The van der Waals surface area contributed by atoms with E-state index in [1.54, 1.807) is 11.3 Å². The van der Waals surface area contributed by atoms with Gasteiger partial charge in [0, 0.05) is 10.9 Å². The molecule has 0 saturated carbocycles. The Morgan fingerprint density at radius 1 is 1.27 bits per heavy atom. The first kappa shape index (κ1) is 8.95. The van der Waals surface area contributed by atoms with Crippen LogP contribution in [-0.4, -0.2) is 9.97 Å². The van der Waals surface area contributed by atoms with Crippen molar-refractivity contribution in [1.29, 1.82) is 0 Å². The van der Waals surface area contributed by atoms with E-state index in [0.29, 0.717) is 5.02 Å². The summed E-state index contributed by atoms with van der Waals surface area (Å²) in [6.45, 7) is 0. The van der Waals surface area contributed by atoms with Crippen LogP contribution in [0.4, 0.5) is 0 Å². The Bertz CT molecular complexity index is 598. The SMILES string of the molecule is Clc1cccc2[nH]c(-c3ccsc3)nc12. The number of nitrogens with one attached hydrogen (secondary N) is 1. The average molecular weight is 235 g/mol. The second-order valence-electron chi connectivity index (χ2n) is 3.23. The van der Waals surface area contributed by atoms with Crippen LogP contribution in [0.15, 0.2) is 35.0 Å². The molecule has 0 aliphatic carbocycles. The molecule has 0 saturated heterocycles. The first-order valence-electron chi connectivity index (χ1n) is 4.51. The maximum absolute atomic E-state index is 6.05. The van der Waals surface area contributed by atoms with Gasteiger partial charge in [0.05, 0.1) is 10.5 Å². The standard InChI is InChI=1S/C11H7ClN2S/c12-8-2-1-3-9-10(8)14-11(13-9)7-4-5-15-6-7/h1-6H,(H,13,14). The number of H-pyrrole nitrogens is 1. The summed E-state index contributed by atoms with van der Waals surface area (Å²) in [6, 6.07) is 7.78. The van der Waals surface area contributed by atoms with Gasteiger partial charge < -0.3 is 4.98 Å². The molecule has 1 N–H and O–H groups in total. The van der Waals surface area contributed by atoms with Crippen molar-refractivity contribution >= 4 is 34.0 Å². The largest absolute Gasteiger partial charge is 0.338 e. The van der Waals surface area contributed by atoms with Crippen LogP contribution in [0.5, 0.6) is 0 Å². The van der Waals surface area contributed by atoms with Gasteiger partial charge in [-0.15, -0.1) is 0 Å². The van der Waals surface area contributed by atoms with Crippen LogP contribution in [0.25, 0.3) is 22.4 Å². The molecule has 3 rings (SSSR count). The van der Waals surface area contributed by atoms with Gasteiger partial charge in [-0.1, -0.05) is 17.7 Å². The van der Waals surface area contributed by atoms with E-state index in [-0.39, 0.29) is 0 Å². The van der Waals surface area contributed by atoms with Gasteiger partial charge in [-0.25, -0.2) is 4.98 Å². The van der Waals surface area contributed by atoms with Crippen molar-refractivity contribution in [2.24, 2.45) is 0 Å². The molecule has 1 aromatic carbocycles. The first-order chi connectivity index (χ1) is 7.34. The summed E-state index contributed by atoms with van der Waals surface area (Å²) >= 11 is 7.71. The molecule has 0 amide bonds. The van der Waals surface area contributed by atoms with Crippen LogP contribution in [0.2, 0.25) is 5.02 Å². The quantitative estimate of drug-likeness (QED) is 0.679. The highest BCUT2D eigenvalue weighted by Crippen LogP contribution is 2.26. The fourth-order valence-corrected chi connectivity index (χ4v) is 2.39. The van der Waals surface area contributed by atoms with E-state index in [9.17, 15) is 0 Å². The molecule has 0 fully saturated rings. The van der Waals surface area contributed by atoms with Gasteiger partial charge in [0.25, 0.3) is 0 Å². The third kappa shape index (κ3) is 1.44. The first-order valence-corrected chi connectivity index (χ1v) is 5.83. The third-order valence-electron chi connectivity index (χ3n) is 2.26. The van der Waals surface area contributed by atoms with Crippen LogP contribution in [0.1, 0.15) is 0 Å². The Balaban J connectivity index is 2.27. The van der Waals surface area contributed by atoms with Crippen molar-refractivity contribution in [3.63, 3.8) is 0 Å². The Hall–Kier alpha value is -1.32. The lowest BCUT2D eigenvalue weighted by atomic mass is 10.3. The predicted molar refractivity (Wildman–Crippen MR) is 64.4 cm³/mol. The molecule has 74 valence electrons. The van der Waals surface area contributed by atoms with E-state index < -0.39 is 0 Å². The maximum Gasteiger partial charge on any atom is 0.139 e. The highest BCUT2D eigenvalue weighted by Gasteiger charge is 2.07. The van der Waals surface area contributed by atoms with Gasteiger partial charge >= 0.3 is 0 Å². The van der Waals surface area contributed by atoms with E-state index in [1.807, 2.05) is 29.6 Å². The Morgan fingerprint density at radius 2 is 2.20 bits per heavy atom. The van der Waals surface area contributed by atoms with Crippen molar-refractivity contribution in [1.82, 2.24) is 9.97 Å². The van der Waals surface area contributed by atoms with Gasteiger partial charge in [-0.05, 0) is 23.6 Å². The number of benzene rings is 1. The lowest BCUT2D eigenvalue weighted by Crippen LogP contribution is -1.74. The van der Waals surface area contributed by atoms with E-state index in [0.717, 1.165) is 22.4 Å². The summed E-state index contributed by atoms with van der Waals surface area (Å²) in [6.07, 6.45) is 0. The molecular formula is C11H7ClN2S. The van der Waals surface area contributed by atoms with Crippen LogP contribution < -0.4 is 0 Å². The van der Waals surface area contributed by atoms with Crippen molar-refractivity contribution in [3.8, 4) is 11.4 Å². The van der Waals surface area contributed by atoms with Crippen molar-refractivity contribution in [2.75, 3.05) is 0 Å². The molecule has 4 heteroatoms. The summed E-state index contributed by atoms with van der Waals surface area (Å²) < 4.78 is 0. The molecule has 15 heavy (non-hydrogen) atoms. The van der Waals surface area contributed by atoms with E-state index in [2.05, 4.69) is 15.3 Å². The number of aromatic amines is 1. The van der Waals surface area contributed by atoms with E-state index >= 15 is 0 Å². The minimum atomic E-state index is 0.685. The highest BCUT2D eigenvalue weighted by molar-refractivity contribution is 7.08. The molecule has 0 unspecified atom stereocenters. The monoisotopic (exact) mass is 234 g/mol. The molecule has 2 heterocycles. The second-order valence-corrected chi connectivity index (χ2v) is 4.42. The number of nitrogens with zero attached hydrogens (tertiary/aromatic N) is 1. The molecule has 0 radical (unpaired) electrons. The van der Waals surface area contributed by atoms with Crippen molar-refractivity contribution in [2.45, 2.75) is 0 Å². The van der Waals surface area contributed by atoms with Crippen LogP contribution in [-0.2, 0) is 0 Å². The Labute approximate surface area is 95.5 Å². The lowest BCUT2D eigenvalue weighted by molar-refractivity contribution is 1.35. The normalized spacial score (nSPS) is 11.0. The molecule has 3 aromatic rings. The lowest BCUT2D eigenvalue weighted by Gasteiger charge is -1.88. The summed E-state index contributed by atoms with van der Waals surface area (Å²) in [5.41, 5.74) is 2.91. The van der Waals surface area contributed by atoms with Gasteiger partial charge in [0.2, 0.25) is 0 Å². The number of fused-ring (bicyclic) bond motifs is 1. The number of hydrogen-bond acceptors (Lipinski definition) is 2. The number of rotatable bonds is 1. The minimum Gasteiger partial charge on any atom is -0.338 e. The smallest absolute Gasteiger partial charge is 0.139 e. The van der Waals surface area contributed by atoms with Crippen molar-refractivity contribution in [3.05, 3.63) is 40.0 Å². The Morgan fingerprint density at radius 3 is 2.93 bits per heavy atom. The van der Waals surface area contributed by atoms with Gasteiger partial charge in [0.15, 0.2) is 0 Å². The number of hydrogen-bond donors (Lipinski definition) is 1. The third-order valence-corrected chi connectivity index (χ3v) is 3.25.